The first-order chi connectivity index (χ1) is 16.0. The van der Waals surface area contributed by atoms with E-state index in [1.54, 1.807) is 7.11 Å². The molecule has 2 aliphatic heterocycles. The molecular weight excluding hydrogens is 500 g/mol. The Kier molecular flexibility index (Phi) is 6.21. The highest BCUT2D eigenvalue weighted by atomic mass is 79.9. The molecule has 4 nitrogen and oxygen atoms in total. The van der Waals surface area contributed by atoms with E-state index in [0.717, 1.165) is 53.4 Å². The van der Waals surface area contributed by atoms with Crippen LogP contribution in [0.4, 0.5) is 5.69 Å². The SMILES string of the molecule is COc1ccc2c(c1)C1(CCN(Cc3cccc(Cl)c3)CC1)CN2C(=O)c1cccc(Br)c1. The van der Waals surface area contributed by atoms with Crippen molar-refractivity contribution in [2.24, 2.45) is 0 Å². The van der Waals surface area contributed by atoms with Gasteiger partial charge in [0.2, 0.25) is 0 Å². The number of hydrogen-bond acceptors (Lipinski definition) is 3. The highest BCUT2D eigenvalue weighted by Gasteiger charge is 2.46. The molecule has 33 heavy (non-hydrogen) atoms. The maximum atomic E-state index is 13.5. The largest absolute Gasteiger partial charge is 0.497 e. The number of carbonyl (C=O) groups excluding carboxylic acids is 1. The zero-order valence-electron chi connectivity index (χ0n) is 18.6. The van der Waals surface area contributed by atoms with Gasteiger partial charge in [-0.1, -0.05) is 45.7 Å². The Labute approximate surface area is 208 Å². The zero-order chi connectivity index (χ0) is 23.0. The van der Waals surface area contributed by atoms with Crippen molar-refractivity contribution in [1.29, 1.82) is 0 Å². The first kappa shape index (κ1) is 22.5. The molecule has 1 spiro atoms. The van der Waals surface area contributed by atoms with E-state index in [1.807, 2.05) is 59.5 Å². The Morgan fingerprint density at radius 1 is 1.06 bits per heavy atom. The molecule has 1 amide bonds. The molecule has 2 heterocycles. The number of hydrogen-bond donors (Lipinski definition) is 0. The summed E-state index contributed by atoms with van der Waals surface area (Å²) in [6.45, 7) is 3.54. The van der Waals surface area contributed by atoms with Crippen LogP contribution in [-0.2, 0) is 12.0 Å². The number of anilines is 1. The lowest BCUT2D eigenvalue weighted by Gasteiger charge is -2.40. The average Bonchev–Trinajstić information content (AvgIpc) is 3.13. The van der Waals surface area contributed by atoms with Crippen LogP contribution in [0.2, 0.25) is 5.02 Å². The minimum absolute atomic E-state index is 0.0425. The Morgan fingerprint density at radius 2 is 1.85 bits per heavy atom. The maximum Gasteiger partial charge on any atom is 0.258 e. The molecular formula is C27H26BrClN2O2. The highest BCUT2D eigenvalue weighted by molar-refractivity contribution is 9.10. The van der Waals surface area contributed by atoms with Crippen molar-refractivity contribution in [2.45, 2.75) is 24.8 Å². The van der Waals surface area contributed by atoms with Crippen LogP contribution in [0.3, 0.4) is 0 Å². The minimum atomic E-state index is -0.0591. The van der Waals surface area contributed by atoms with Crippen LogP contribution in [0.1, 0.15) is 34.3 Å². The van der Waals surface area contributed by atoms with Crippen LogP contribution in [-0.4, -0.2) is 37.6 Å². The van der Waals surface area contributed by atoms with Crippen molar-refractivity contribution in [1.82, 2.24) is 4.90 Å². The van der Waals surface area contributed by atoms with E-state index < -0.39 is 0 Å². The second kappa shape index (κ2) is 9.13. The van der Waals surface area contributed by atoms with Gasteiger partial charge in [-0.3, -0.25) is 9.69 Å². The lowest BCUT2D eigenvalue weighted by atomic mass is 9.74. The molecule has 0 radical (unpaired) electrons. The summed E-state index contributed by atoms with van der Waals surface area (Å²) in [5.41, 5.74) is 4.10. The van der Waals surface area contributed by atoms with E-state index in [0.29, 0.717) is 12.1 Å². The van der Waals surface area contributed by atoms with Crippen LogP contribution in [0, 0.1) is 0 Å². The third-order valence-electron chi connectivity index (χ3n) is 6.95. The number of likely N-dealkylation sites (tertiary alicyclic amines) is 1. The van der Waals surface area contributed by atoms with E-state index in [4.69, 9.17) is 16.3 Å². The molecule has 0 bridgehead atoms. The molecule has 0 N–H and O–H groups in total. The number of piperidine rings is 1. The summed E-state index contributed by atoms with van der Waals surface area (Å²) < 4.78 is 6.46. The lowest BCUT2D eigenvalue weighted by molar-refractivity contribution is 0.0975. The molecule has 0 saturated carbocycles. The van der Waals surface area contributed by atoms with Crippen LogP contribution < -0.4 is 9.64 Å². The van der Waals surface area contributed by atoms with E-state index in [1.165, 1.54) is 11.1 Å². The van der Waals surface area contributed by atoms with Gasteiger partial charge in [-0.15, -0.1) is 0 Å². The van der Waals surface area contributed by atoms with Crippen molar-refractivity contribution in [2.75, 3.05) is 31.6 Å². The topological polar surface area (TPSA) is 32.8 Å². The number of rotatable bonds is 4. The first-order valence-electron chi connectivity index (χ1n) is 11.2. The number of halogens is 2. The Bertz CT molecular complexity index is 1190. The van der Waals surface area contributed by atoms with E-state index in [-0.39, 0.29) is 11.3 Å². The second-order valence-corrected chi connectivity index (χ2v) is 10.3. The smallest absolute Gasteiger partial charge is 0.258 e. The maximum absolute atomic E-state index is 13.5. The van der Waals surface area contributed by atoms with E-state index in [2.05, 4.69) is 33.0 Å². The van der Waals surface area contributed by atoms with Crippen molar-refractivity contribution in [3.63, 3.8) is 0 Å². The number of methoxy groups -OCH3 is 1. The van der Waals surface area contributed by atoms with Gasteiger partial charge in [-0.2, -0.15) is 0 Å². The van der Waals surface area contributed by atoms with Crippen LogP contribution >= 0.6 is 27.5 Å². The van der Waals surface area contributed by atoms with Crippen LogP contribution in [0.5, 0.6) is 5.75 Å². The molecule has 0 atom stereocenters. The normalized spacial score (nSPS) is 17.2. The summed E-state index contributed by atoms with van der Waals surface area (Å²) in [5, 5.41) is 0.777. The Balaban J connectivity index is 1.41. The second-order valence-electron chi connectivity index (χ2n) is 8.97. The first-order valence-corrected chi connectivity index (χ1v) is 12.4. The fourth-order valence-corrected chi connectivity index (χ4v) is 5.81. The summed E-state index contributed by atoms with van der Waals surface area (Å²) in [6, 6.07) is 21.8. The lowest BCUT2D eigenvalue weighted by Crippen LogP contribution is -2.45. The van der Waals surface area contributed by atoms with Crippen molar-refractivity contribution < 1.29 is 9.53 Å². The molecule has 3 aromatic carbocycles. The van der Waals surface area contributed by atoms with Crippen LogP contribution in [0.15, 0.2) is 71.2 Å². The van der Waals surface area contributed by atoms with Crippen LogP contribution in [0.25, 0.3) is 0 Å². The molecule has 1 fully saturated rings. The molecule has 0 aromatic heterocycles. The third-order valence-corrected chi connectivity index (χ3v) is 7.68. The molecule has 3 aromatic rings. The molecule has 0 unspecified atom stereocenters. The molecule has 5 rings (SSSR count). The summed E-state index contributed by atoms with van der Waals surface area (Å²) in [6.07, 6.45) is 1.99. The molecule has 170 valence electrons. The number of fused-ring (bicyclic) bond motifs is 2. The van der Waals surface area contributed by atoms with Gasteiger partial charge < -0.3 is 9.64 Å². The quantitative estimate of drug-likeness (QED) is 0.400. The molecule has 2 aliphatic rings. The highest BCUT2D eigenvalue weighted by Crippen LogP contribution is 2.48. The van der Waals surface area contributed by atoms with Gasteiger partial charge >= 0.3 is 0 Å². The van der Waals surface area contributed by atoms with Crippen molar-refractivity contribution in [3.05, 3.63) is 92.9 Å². The van der Waals surface area contributed by atoms with Gasteiger partial charge in [0.1, 0.15) is 5.75 Å². The molecule has 6 heteroatoms. The summed E-state index contributed by atoms with van der Waals surface area (Å²) in [7, 11) is 1.70. The third kappa shape index (κ3) is 4.42. The Morgan fingerprint density at radius 3 is 2.58 bits per heavy atom. The van der Waals surface area contributed by atoms with E-state index >= 15 is 0 Å². The van der Waals surface area contributed by atoms with Gasteiger partial charge in [0.05, 0.1) is 7.11 Å². The number of nitrogens with zero attached hydrogens (tertiary/aromatic N) is 2. The van der Waals surface area contributed by atoms with Gasteiger partial charge in [-0.05, 0) is 85.6 Å². The molecule has 1 saturated heterocycles. The van der Waals surface area contributed by atoms with Crippen molar-refractivity contribution in [3.8, 4) is 5.75 Å². The fraction of sp³-hybridized carbons (Fsp3) is 0.296. The Hall–Kier alpha value is -2.34. The monoisotopic (exact) mass is 524 g/mol. The summed E-state index contributed by atoms with van der Waals surface area (Å²) in [5.74, 6) is 0.882. The number of amides is 1. The predicted molar refractivity (Wildman–Crippen MR) is 136 cm³/mol. The predicted octanol–water partition coefficient (Wildman–Crippen LogP) is 6.31. The van der Waals surface area contributed by atoms with Gasteiger partial charge in [-0.25, -0.2) is 0 Å². The average molecular weight is 526 g/mol. The standard InChI is InChI=1S/C27H26BrClN2O2/c1-33-23-8-9-25-24(16-23)27(18-31(25)26(32)20-5-3-6-21(28)15-20)10-12-30(13-11-27)17-19-4-2-7-22(29)14-19/h2-9,14-16H,10-13,17-18H2,1H3. The summed E-state index contributed by atoms with van der Waals surface area (Å²) in [4.78, 5) is 18.0. The number of ether oxygens (including phenoxy) is 1. The van der Waals surface area contributed by atoms with Gasteiger partial charge in [0.25, 0.3) is 5.91 Å². The summed E-state index contributed by atoms with van der Waals surface area (Å²) >= 11 is 9.68. The molecule has 0 aliphatic carbocycles. The van der Waals surface area contributed by atoms with Crippen molar-refractivity contribution >= 4 is 39.1 Å². The fourth-order valence-electron chi connectivity index (χ4n) is 5.19. The number of benzene rings is 3. The van der Waals surface area contributed by atoms with Gasteiger partial charge in [0.15, 0.2) is 0 Å². The minimum Gasteiger partial charge on any atom is -0.497 e. The number of carbonyl (C=O) groups is 1. The van der Waals surface area contributed by atoms with E-state index in [9.17, 15) is 4.79 Å². The van der Waals surface area contributed by atoms with Gasteiger partial charge in [0, 0.05) is 39.3 Å². The zero-order valence-corrected chi connectivity index (χ0v) is 20.9.